The zero-order chi connectivity index (χ0) is 17.2. The number of carbonyl (C=O) groups is 1. The third-order valence-corrected chi connectivity index (χ3v) is 3.84. The molecule has 1 amide bonds. The molecular formula is C14H16F3N5O2. The average Bonchev–Trinajstić information content (AvgIpc) is 3.17. The zero-order valence-electron chi connectivity index (χ0n) is 12.7. The van der Waals surface area contributed by atoms with E-state index < -0.39 is 24.5 Å². The number of halogens is 3. The molecule has 0 spiro atoms. The van der Waals surface area contributed by atoms with Crippen LogP contribution in [0.5, 0.6) is 0 Å². The second kappa shape index (κ2) is 6.62. The van der Waals surface area contributed by atoms with Gasteiger partial charge in [0.1, 0.15) is 12.5 Å². The fourth-order valence-corrected chi connectivity index (χ4v) is 2.78. The van der Waals surface area contributed by atoms with Gasteiger partial charge in [-0.25, -0.2) is 0 Å². The number of rotatable bonds is 4. The van der Waals surface area contributed by atoms with Gasteiger partial charge >= 0.3 is 6.18 Å². The van der Waals surface area contributed by atoms with E-state index in [2.05, 4.69) is 20.4 Å². The first kappa shape index (κ1) is 16.5. The Balaban J connectivity index is 1.73. The van der Waals surface area contributed by atoms with Gasteiger partial charge in [-0.15, -0.1) is 10.2 Å². The number of likely N-dealkylation sites (tertiary alicyclic amines) is 1. The van der Waals surface area contributed by atoms with Crippen LogP contribution < -0.4 is 0 Å². The van der Waals surface area contributed by atoms with Crippen LogP contribution >= 0.6 is 0 Å². The number of alkyl halides is 3. The van der Waals surface area contributed by atoms with Crippen molar-refractivity contribution in [2.75, 3.05) is 6.54 Å². The summed E-state index contributed by atoms with van der Waals surface area (Å²) in [4.78, 5) is 14.1. The summed E-state index contributed by atoms with van der Waals surface area (Å²) in [5.41, 5.74) is 0.674. The van der Waals surface area contributed by atoms with Gasteiger partial charge in [-0.3, -0.25) is 9.89 Å². The average molecular weight is 343 g/mol. The normalized spacial score (nSPS) is 18.8. The molecule has 10 heteroatoms. The van der Waals surface area contributed by atoms with Crippen LogP contribution in [0.1, 0.15) is 42.8 Å². The third-order valence-electron chi connectivity index (χ3n) is 3.84. The number of aromatic nitrogens is 4. The molecule has 3 heterocycles. The van der Waals surface area contributed by atoms with Crippen molar-refractivity contribution >= 4 is 5.91 Å². The molecule has 1 fully saturated rings. The maximum Gasteiger partial charge on any atom is 0.397 e. The van der Waals surface area contributed by atoms with Gasteiger partial charge in [-0.05, 0) is 25.3 Å². The molecule has 3 rings (SSSR count). The monoisotopic (exact) mass is 343 g/mol. The van der Waals surface area contributed by atoms with Crippen molar-refractivity contribution in [2.24, 2.45) is 0 Å². The summed E-state index contributed by atoms with van der Waals surface area (Å²) in [6.07, 6.45) is -1.73. The highest BCUT2D eigenvalue weighted by Gasteiger charge is 2.35. The van der Waals surface area contributed by atoms with Crippen LogP contribution in [0.3, 0.4) is 0 Å². The smallest absolute Gasteiger partial charge is 0.397 e. The quantitative estimate of drug-likeness (QED) is 0.919. The van der Waals surface area contributed by atoms with Crippen molar-refractivity contribution in [3.8, 4) is 0 Å². The molecule has 130 valence electrons. The predicted octanol–water partition coefficient (Wildman–Crippen LogP) is 2.19. The lowest BCUT2D eigenvalue weighted by atomic mass is 10.0. The number of aromatic amines is 1. The van der Waals surface area contributed by atoms with Gasteiger partial charge in [0.25, 0.3) is 0 Å². The van der Waals surface area contributed by atoms with E-state index in [1.165, 1.54) is 0 Å². The highest BCUT2D eigenvalue weighted by molar-refractivity contribution is 5.78. The van der Waals surface area contributed by atoms with E-state index in [-0.39, 0.29) is 18.2 Å². The van der Waals surface area contributed by atoms with E-state index in [0.29, 0.717) is 18.7 Å². The molecule has 2 aromatic heterocycles. The van der Waals surface area contributed by atoms with E-state index in [9.17, 15) is 18.0 Å². The molecule has 1 aliphatic heterocycles. The topological polar surface area (TPSA) is 87.9 Å². The molecule has 0 saturated carbocycles. The summed E-state index contributed by atoms with van der Waals surface area (Å²) in [7, 11) is 0. The fraction of sp³-hybridized carbons (Fsp3) is 0.571. The molecule has 7 nitrogen and oxygen atoms in total. The molecule has 0 bridgehead atoms. The summed E-state index contributed by atoms with van der Waals surface area (Å²) in [5, 5.41) is 13.7. The van der Waals surface area contributed by atoms with Crippen LogP contribution in [-0.4, -0.2) is 43.9 Å². The van der Waals surface area contributed by atoms with Gasteiger partial charge < -0.3 is 9.32 Å². The highest BCUT2D eigenvalue weighted by atomic mass is 19.4. The van der Waals surface area contributed by atoms with E-state index in [1.54, 1.807) is 17.2 Å². The fourth-order valence-electron chi connectivity index (χ4n) is 2.78. The van der Waals surface area contributed by atoms with Crippen LogP contribution in [0.25, 0.3) is 0 Å². The minimum Gasteiger partial charge on any atom is -0.423 e. The van der Waals surface area contributed by atoms with Crippen LogP contribution in [0.2, 0.25) is 0 Å². The molecule has 1 N–H and O–H groups in total. The Morgan fingerprint density at radius 1 is 1.38 bits per heavy atom. The van der Waals surface area contributed by atoms with Crippen molar-refractivity contribution in [3.05, 3.63) is 29.7 Å². The Kier molecular flexibility index (Phi) is 4.54. The Bertz CT molecular complexity index is 683. The van der Waals surface area contributed by atoms with Crippen LogP contribution in [0.15, 0.2) is 16.7 Å². The summed E-state index contributed by atoms with van der Waals surface area (Å²) in [6.45, 7) is 0.509. The van der Waals surface area contributed by atoms with E-state index in [0.717, 1.165) is 12.8 Å². The maximum absolute atomic E-state index is 12.5. The summed E-state index contributed by atoms with van der Waals surface area (Å²) >= 11 is 0. The number of amides is 1. The number of hydrogen-bond acceptors (Lipinski definition) is 5. The Hall–Kier alpha value is -2.39. The van der Waals surface area contributed by atoms with Crippen LogP contribution in [0.4, 0.5) is 13.2 Å². The van der Waals surface area contributed by atoms with Crippen molar-refractivity contribution in [3.63, 3.8) is 0 Å². The number of hydrogen-bond donors (Lipinski definition) is 1. The third kappa shape index (κ3) is 3.92. The lowest BCUT2D eigenvalue weighted by molar-refractivity contribution is -0.136. The molecule has 24 heavy (non-hydrogen) atoms. The predicted molar refractivity (Wildman–Crippen MR) is 74.7 cm³/mol. The Morgan fingerprint density at radius 2 is 2.21 bits per heavy atom. The van der Waals surface area contributed by atoms with Gasteiger partial charge in [0.05, 0.1) is 6.42 Å². The minimum atomic E-state index is -4.41. The Labute approximate surface area is 135 Å². The minimum absolute atomic E-state index is 0.0620. The lowest BCUT2D eigenvalue weighted by Crippen LogP contribution is -2.39. The number of H-pyrrole nitrogens is 1. The van der Waals surface area contributed by atoms with Gasteiger partial charge in [0.15, 0.2) is 0 Å². The zero-order valence-corrected chi connectivity index (χ0v) is 12.7. The van der Waals surface area contributed by atoms with E-state index in [4.69, 9.17) is 4.42 Å². The van der Waals surface area contributed by atoms with Crippen LogP contribution in [-0.2, 0) is 17.6 Å². The van der Waals surface area contributed by atoms with Gasteiger partial charge in [0, 0.05) is 18.4 Å². The Morgan fingerprint density at radius 3 is 2.92 bits per heavy atom. The first-order chi connectivity index (χ1) is 11.4. The summed E-state index contributed by atoms with van der Waals surface area (Å²) < 4.78 is 42.4. The standard InChI is InChI=1S/C14H16F3N5O2/c15-14(16,17)8-11-20-21-13(24-11)10-3-1-2-6-22(10)12(23)7-9-4-5-18-19-9/h4-5,10H,1-3,6-8H2,(H,18,19)/t10-/m0/s1. The maximum atomic E-state index is 12.5. The van der Waals surface area contributed by atoms with E-state index in [1.807, 2.05) is 0 Å². The molecule has 0 aliphatic carbocycles. The molecule has 1 atom stereocenters. The molecule has 1 saturated heterocycles. The summed E-state index contributed by atoms with van der Waals surface area (Å²) in [6, 6.07) is 1.22. The van der Waals surface area contributed by atoms with Crippen molar-refractivity contribution in [1.29, 1.82) is 0 Å². The highest BCUT2D eigenvalue weighted by Crippen LogP contribution is 2.31. The first-order valence-electron chi connectivity index (χ1n) is 7.59. The van der Waals surface area contributed by atoms with Crippen LogP contribution in [0, 0.1) is 0 Å². The van der Waals surface area contributed by atoms with Crippen molar-refractivity contribution < 1.29 is 22.4 Å². The number of nitrogens with zero attached hydrogens (tertiary/aromatic N) is 4. The van der Waals surface area contributed by atoms with Crippen molar-refractivity contribution in [2.45, 2.75) is 44.3 Å². The number of nitrogens with one attached hydrogen (secondary N) is 1. The second-order valence-corrected chi connectivity index (χ2v) is 5.68. The number of piperidine rings is 1. The molecule has 2 aromatic rings. The second-order valence-electron chi connectivity index (χ2n) is 5.68. The van der Waals surface area contributed by atoms with Crippen molar-refractivity contribution in [1.82, 2.24) is 25.3 Å². The first-order valence-corrected chi connectivity index (χ1v) is 7.59. The molecule has 0 radical (unpaired) electrons. The molecular weight excluding hydrogens is 327 g/mol. The van der Waals surface area contributed by atoms with Gasteiger partial charge in [0.2, 0.25) is 17.7 Å². The molecule has 1 aliphatic rings. The molecule has 0 aromatic carbocycles. The lowest BCUT2D eigenvalue weighted by Gasteiger charge is -2.33. The molecule has 0 unspecified atom stereocenters. The summed E-state index contributed by atoms with van der Waals surface area (Å²) in [5.74, 6) is -0.574. The SMILES string of the molecule is O=C(Cc1ccn[nH]1)N1CCCC[C@H]1c1nnc(CC(F)(F)F)o1. The van der Waals surface area contributed by atoms with E-state index >= 15 is 0 Å². The van der Waals surface area contributed by atoms with Gasteiger partial charge in [-0.2, -0.15) is 18.3 Å². The van der Waals surface area contributed by atoms with Gasteiger partial charge in [-0.1, -0.05) is 0 Å². The number of carbonyl (C=O) groups excluding carboxylic acids is 1. The largest absolute Gasteiger partial charge is 0.423 e.